The molecule has 0 saturated heterocycles. The lowest BCUT2D eigenvalue weighted by atomic mass is 10.2. The Hall–Kier alpha value is -1.26. The van der Waals surface area contributed by atoms with Crippen molar-refractivity contribution < 1.29 is 9.59 Å². The molecule has 1 atom stereocenters. The average molecular weight is 215 g/mol. The first-order valence-corrected chi connectivity index (χ1v) is 5.29. The van der Waals surface area contributed by atoms with Crippen molar-refractivity contribution in [2.24, 2.45) is 0 Å². The number of carbonyl (C=O) groups excluding carboxylic acids is 2. The van der Waals surface area contributed by atoms with Crippen LogP contribution in [0, 0.1) is 0 Å². The molecular formula is C10H21N3O2. The van der Waals surface area contributed by atoms with E-state index in [4.69, 9.17) is 0 Å². The normalized spacial score (nSPS) is 12.1. The molecule has 5 nitrogen and oxygen atoms in total. The Kier molecular flexibility index (Phi) is 6.49. The summed E-state index contributed by atoms with van der Waals surface area (Å²) in [7, 11) is 0. The minimum absolute atomic E-state index is 0.0168. The van der Waals surface area contributed by atoms with Crippen LogP contribution in [0.3, 0.4) is 0 Å². The first-order chi connectivity index (χ1) is 6.95. The van der Waals surface area contributed by atoms with Crippen LogP contribution in [0.4, 0.5) is 4.79 Å². The van der Waals surface area contributed by atoms with Gasteiger partial charge in [-0.05, 0) is 27.2 Å². The van der Waals surface area contributed by atoms with Crippen molar-refractivity contribution in [1.29, 1.82) is 0 Å². The summed E-state index contributed by atoms with van der Waals surface area (Å²) in [6.45, 7) is 7.65. The number of carbonyl (C=O) groups is 2. The van der Waals surface area contributed by atoms with Gasteiger partial charge in [0.25, 0.3) is 0 Å². The molecule has 3 amide bonds. The second kappa shape index (κ2) is 7.09. The summed E-state index contributed by atoms with van der Waals surface area (Å²) in [6.07, 6.45) is 0.879. The van der Waals surface area contributed by atoms with Gasteiger partial charge in [-0.2, -0.15) is 0 Å². The molecular weight excluding hydrogens is 194 g/mol. The minimum Gasteiger partial charge on any atom is -0.352 e. The van der Waals surface area contributed by atoms with Gasteiger partial charge in [0.05, 0.1) is 6.54 Å². The van der Waals surface area contributed by atoms with Crippen molar-refractivity contribution in [2.45, 2.75) is 46.2 Å². The molecule has 0 aliphatic heterocycles. The quantitative estimate of drug-likeness (QED) is 0.629. The van der Waals surface area contributed by atoms with Gasteiger partial charge in [-0.3, -0.25) is 4.79 Å². The fraction of sp³-hybridized carbons (Fsp3) is 0.800. The monoisotopic (exact) mass is 215 g/mol. The minimum atomic E-state index is -0.315. The van der Waals surface area contributed by atoms with Crippen molar-refractivity contribution in [3.63, 3.8) is 0 Å². The zero-order valence-corrected chi connectivity index (χ0v) is 9.89. The van der Waals surface area contributed by atoms with Crippen molar-refractivity contribution in [2.75, 3.05) is 6.54 Å². The largest absolute Gasteiger partial charge is 0.352 e. The predicted molar refractivity (Wildman–Crippen MR) is 59.6 cm³/mol. The number of urea groups is 1. The smallest absolute Gasteiger partial charge is 0.315 e. The maximum absolute atomic E-state index is 11.2. The van der Waals surface area contributed by atoms with Crippen molar-refractivity contribution in [3.8, 4) is 0 Å². The molecule has 0 fully saturated rings. The van der Waals surface area contributed by atoms with E-state index in [0.717, 1.165) is 6.42 Å². The Balaban J connectivity index is 3.66. The van der Waals surface area contributed by atoms with Crippen LogP contribution in [0.15, 0.2) is 0 Å². The topological polar surface area (TPSA) is 70.2 Å². The van der Waals surface area contributed by atoms with E-state index in [1.165, 1.54) is 0 Å². The molecule has 0 saturated carbocycles. The molecule has 0 radical (unpaired) electrons. The van der Waals surface area contributed by atoms with Crippen LogP contribution in [0.1, 0.15) is 34.1 Å². The van der Waals surface area contributed by atoms with Gasteiger partial charge in [0, 0.05) is 12.1 Å². The summed E-state index contributed by atoms with van der Waals surface area (Å²) in [4.78, 5) is 22.4. The summed E-state index contributed by atoms with van der Waals surface area (Å²) in [5.41, 5.74) is 0. The van der Waals surface area contributed by atoms with E-state index in [0.29, 0.717) is 0 Å². The van der Waals surface area contributed by atoms with E-state index in [1.54, 1.807) is 0 Å². The second-order valence-corrected chi connectivity index (χ2v) is 3.86. The third-order valence-corrected chi connectivity index (χ3v) is 1.85. The Morgan fingerprint density at radius 3 is 2.20 bits per heavy atom. The summed E-state index contributed by atoms with van der Waals surface area (Å²) in [6, 6.07) is -0.0978. The maximum Gasteiger partial charge on any atom is 0.315 e. The highest BCUT2D eigenvalue weighted by atomic mass is 16.2. The van der Waals surface area contributed by atoms with Crippen LogP contribution in [0.2, 0.25) is 0 Å². The highest BCUT2D eigenvalue weighted by Crippen LogP contribution is 1.86. The summed E-state index contributed by atoms with van der Waals surface area (Å²) in [5.74, 6) is -0.164. The van der Waals surface area contributed by atoms with E-state index in [1.807, 2.05) is 27.7 Å². The van der Waals surface area contributed by atoms with Crippen LogP contribution < -0.4 is 16.0 Å². The molecule has 0 heterocycles. The standard InChI is InChI=1S/C10H21N3O2/c1-5-8(4)13-9(14)6-11-10(15)12-7(2)3/h7-8H,5-6H2,1-4H3,(H,13,14)(H2,11,12,15). The van der Waals surface area contributed by atoms with Gasteiger partial charge in [-0.1, -0.05) is 6.92 Å². The number of hydrogen-bond acceptors (Lipinski definition) is 2. The first-order valence-electron chi connectivity index (χ1n) is 5.29. The van der Waals surface area contributed by atoms with E-state index < -0.39 is 0 Å². The van der Waals surface area contributed by atoms with Crippen LogP contribution in [-0.2, 0) is 4.79 Å². The number of rotatable bonds is 5. The molecule has 0 aromatic heterocycles. The highest BCUT2D eigenvalue weighted by molar-refractivity contribution is 5.84. The molecule has 5 heteroatoms. The maximum atomic E-state index is 11.2. The van der Waals surface area contributed by atoms with Crippen LogP contribution in [0.25, 0.3) is 0 Å². The lowest BCUT2D eigenvalue weighted by Gasteiger charge is -2.13. The van der Waals surface area contributed by atoms with Gasteiger partial charge in [-0.15, -0.1) is 0 Å². The van der Waals surface area contributed by atoms with Gasteiger partial charge < -0.3 is 16.0 Å². The molecule has 0 aliphatic carbocycles. The number of amides is 3. The highest BCUT2D eigenvalue weighted by Gasteiger charge is 2.07. The zero-order chi connectivity index (χ0) is 11.8. The SMILES string of the molecule is CCC(C)NC(=O)CNC(=O)NC(C)C. The zero-order valence-electron chi connectivity index (χ0n) is 9.89. The Morgan fingerprint density at radius 1 is 1.13 bits per heavy atom. The molecule has 1 unspecified atom stereocenters. The Bertz CT molecular complexity index is 217. The lowest BCUT2D eigenvalue weighted by Crippen LogP contribution is -2.45. The molecule has 0 aliphatic rings. The summed E-state index contributed by atoms with van der Waals surface area (Å²) < 4.78 is 0. The Morgan fingerprint density at radius 2 is 1.73 bits per heavy atom. The van der Waals surface area contributed by atoms with E-state index in [9.17, 15) is 9.59 Å². The van der Waals surface area contributed by atoms with Crippen LogP contribution in [0.5, 0.6) is 0 Å². The second-order valence-electron chi connectivity index (χ2n) is 3.86. The summed E-state index contributed by atoms with van der Waals surface area (Å²) >= 11 is 0. The molecule has 0 rings (SSSR count). The first kappa shape index (κ1) is 13.7. The van der Waals surface area contributed by atoms with Gasteiger partial charge >= 0.3 is 6.03 Å². The molecule has 0 aromatic carbocycles. The van der Waals surface area contributed by atoms with Crippen LogP contribution in [-0.4, -0.2) is 30.6 Å². The Labute approximate surface area is 91.0 Å². The third kappa shape index (κ3) is 7.78. The molecule has 0 spiro atoms. The van der Waals surface area contributed by atoms with Crippen LogP contribution >= 0.6 is 0 Å². The number of nitrogens with one attached hydrogen (secondary N) is 3. The predicted octanol–water partition coefficient (Wildman–Crippen LogP) is 0.609. The average Bonchev–Trinajstić information content (AvgIpc) is 2.13. The molecule has 0 aromatic rings. The molecule has 88 valence electrons. The molecule has 0 bridgehead atoms. The lowest BCUT2D eigenvalue weighted by molar-refractivity contribution is -0.120. The van der Waals surface area contributed by atoms with Crippen molar-refractivity contribution in [1.82, 2.24) is 16.0 Å². The van der Waals surface area contributed by atoms with Gasteiger partial charge in [0.1, 0.15) is 0 Å². The van der Waals surface area contributed by atoms with Crippen molar-refractivity contribution in [3.05, 3.63) is 0 Å². The summed E-state index contributed by atoms with van der Waals surface area (Å²) in [5, 5.41) is 7.87. The number of hydrogen-bond donors (Lipinski definition) is 3. The van der Waals surface area contributed by atoms with E-state index >= 15 is 0 Å². The fourth-order valence-corrected chi connectivity index (χ4v) is 0.902. The van der Waals surface area contributed by atoms with Gasteiger partial charge in [-0.25, -0.2) is 4.79 Å². The van der Waals surface area contributed by atoms with Gasteiger partial charge in [0.2, 0.25) is 5.91 Å². The van der Waals surface area contributed by atoms with E-state index in [-0.39, 0.29) is 30.6 Å². The molecule has 15 heavy (non-hydrogen) atoms. The molecule has 3 N–H and O–H groups in total. The third-order valence-electron chi connectivity index (χ3n) is 1.85. The van der Waals surface area contributed by atoms with Crippen molar-refractivity contribution >= 4 is 11.9 Å². The fourth-order valence-electron chi connectivity index (χ4n) is 0.902. The van der Waals surface area contributed by atoms with Gasteiger partial charge in [0.15, 0.2) is 0 Å². The van der Waals surface area contributed by atoms with E-state index in [2.05, 4.69) is 16.0 Å².